The SMILES string of the molecule is C=C1[C@@H]2C[C@]3(O)[C@H]4O[C@]45C=CC(=O)OC(C)(C)[C@@H]5[C@H](OC(C)=O)C[C@H]3[C@]2(C)CC[C@@]1(O)[C@@H](C)[C@H]1CC=C(C)C(=O)O1. The van der Waals surface area contributed by atoms with Crippen LogP contribution in [0.1, 0.15) is 73.6 Å². The van der Waals surface area contributed by atoms with E-state index in [-0.39, 0.29) is 17.8 Å². The van der Waals surface area contributed by atoms with Gasteiger partial charge in [-0.05, 0) is 75.4 Å². The van der Waals surface area contributed by atoms with Crippen LogP contribution in [0.25, 0.3) is 0 Å². The van der Waals surface area contributed by atoms with Crippen molar-refractivity contribution in [2.24, 2.45) is 29.1 Å². The topological polar surface area (TPSA) is 132 Å². The molecule has 0 amide bonds. The van der Waals surface area contributed by atoms with Crippen molar-refractivity contribution < 1.29 is 43.5 Å². The second-order valence-corrected chi connectivity index (χ2v) is 14.2. The van der Waals surface area contributed by atoms with Crippen LogP contribution in [0.2, 0.25) is 0 Å². The number of aliphatic hydroxyl groups is 2. The van der Waals surface area contributed by atoms with Crippen molar-refractivity contribution in [2.45, 2.75) is 114 Å². The number of esters is 3. The Morgan fingerprint density at radius 1 is 1.20 bits per heavy atom. The van der Waals surface area contributed by atoms with Crippen molar-refractivity contribution in [3.8, 4) is 0 Å². The van der Waals surface area contributed by atoms with E-state index in [9.17, 15) is 24.6 Å². The molecule has 9 nitrogen and oxygen atoms in total. The molecule has 3 aliphatic heterocycles. The second kappa shape index (κ2) is 8.77. The van der Waals surface area contributed by atoms with Crippen LogP contribution in [-0.2, 0) is 33.3 Å². The van der Waals surface area contributed by atoms with E-state index in [0.29, 0.717) is 43.3 Å². The van der Waals surface area contributed by atoms with Gasteiger partial charge in [0.15, 0.2) is 0 Å². The first kappa shape index (κ1) is 28.6. The molecule has 11 atom stereocenters. The van der Waals surface area contributed by atoms with Gasteiger partial charge < -0.3 is 29.2 Å². The van der Waals surface area contributed by atoms with Crippen molar-refractivity contribution >= 4 is 17.9 Å². The molecule has 0 aromatic carbocycles. The molecule has 0 aromatic heterocycles. The Balaban J connectivity index is 1.37. The minimum atomic E-state index is -1.32. The van der Waals surface area contributed by atoms with Gasteiger partial charge >= 0.3 is 17.9 Å². The number of ether oxygens (including phenoxy) is 4. The molecule has 3 saturated carbocycles. The maximum Gasteiger partial charge on any atom is 0.333 e. The van der Waals surface area contributed by atoms with Crippen LogP contribution in [0, 0.1) is 29.1 Å². The summed E-state index contributed by atoms with van der Waals surface area (Å²) in [7, 11) is 0. The number of cyclic esters (lactones) is 2. The number of epoxide rings is 1. The molecule has 0 radical (unpaired) electrons. The number of rotatable bonds is 3. The van der Waals surface area contributed by atoms with Crippen LogP contribution in [0.5, 0.6) is 0 Å². The van der Waals surface area contributed by atoms with Gasteiger partial charge in [-0.2, -0.15) is 0 Å². The number of carbonyl (C=O) groups excluding carboxylic acids is 3. The summed E-state index contributed by atoms with van der Waals surface area (Å²) in [5.74, 6) is -2.85. The van der Waals surface area contributed by atoms with Crippen LogP contribution < -0.4 is 0 Å². The molecule has 0 unspecified atom stereocenters. The van der Waals surface area contributed by atoms with Gasteiger partial charge in [-0.3, -0.25) is 4.79 Å². The fourth-order valence-corrected chi connectivity index (χ4v) is 9.52. The lowest BCUT2D eigenvalue weighted by Gasteiger charge is -2.52. The molecular formula is C32H42O9. The van der Waals surface area contributed by atoms with Crippen molar-refractivity contribution in [2.75, 3.05) is 0 Å². The molecule has 41 heavy (non-hydrogen) atoms. The Bertz CT molecular complexity index is 1280. The summed E-state index contributed by atoms with van der Waals surface area (Å²) >= 11 is 0. The van der Waals surface area contributed by atoms with Crippen LogP contribution in [0.4, 0.5) is 0 Å². The molecule has 224 valence electrons. The average Bonchev–Trinajstić information content (AvgIpc) is 3.59. The summed E-state index contributed by atoms with van der Waals surface area (Å²) in [6.07, 6.45) is 5.25. The van der Waals surface area contributed by atoms with Crippen LogP contribution in [0.15, 0.2) is 36.0 Å². The van der Waals surface area contributed by atoms with Gasteiger partial charge in [0.2, 0.25) is 0 Å². The first-order chi connectivity index (χ1) is 19.0. The molecule has 0 bridgehead atoms. The minimum absolute atomic E-state index is 0.258. The highest BCUT2D eigenvalue weighted by molar-refractivity contribution is 5.88. The van der Waals surface area contributed by atoms with Gasteiger partial charge in [0.1, 0.15) is 29.5 Å². The van der Waals surface area contributed by atoms with Crippen molar-refractivity contribution in [3.05, 3.63) is 36.0 Å². The normalized spacial score (nSPS) is 48.6. The van der Waals surface area contributed by atoms with Gasteiger partial charge in [0.05, 0.1) is 17.1 Å². The standard InChI is InChI=1S/C32H42O9/c1-16-8-9-21(39-26(16)35)18(3)30(36)13-12-29(7)20(17(30)2)15-31(37)23(29)14-22(38-19(4)33)25-28(5,6)40-24(34)10-11-32(25)27(31)41-32/h8,10-11,18,20-23,25,27,36-37H,2,9,12-15H2,1,3-7H3/t18-,20-,21+,22+,23-,25-,27+,29+,30-,31+,32-/m0/s1. The quantitative estimate of drug-likeness (QED) is 0.227. The van der Waals surface area contributed by atoms with E-state index < -0.39 is 69.9 Å². The van der Waals surface area contributed by atoms with Gasteiger partial charge in [-0.25, -0.2) is 9.59 Å². The number of fused-ring (bicyclic) bond motifs is 4. The smallest absolute Gasteiger partial charge is 0.333 e. The zero-order chi connectivity index (χ0) is 29.9. The van der Waals surface area contributed by atoms with E-state index in [1.807, 2.05) is 13.0 Å². The molecule has 3 aliphatic carbocycles. The van der Waals surface area contributed by atoms with Crippen molar-refractivity contribution in [3.63, 3.8) is 0 Å². The first-order valence-corrected chi connectivity index (χ1v) is 14.8. The highest BCUT2D eigenvalue weighted by atomic mass is 16.6. The summed E-state index contributed by atoms with van der Waals surface area (Å²) in [4.78, 5) is 37.2. The molecule has 6 rings (SSSR count). The second-order valence-electron chi connectivity index (χ2n) is 14.2. The van der Waals surface area contributed by atoms with Gasteiger partial charge in [0.25, 0.3) is 0 Å². The van der Waals surface area contributed by atoms with E-state index in [1.165, 1.54) is 13.0 Å². The zero-order valence-electron chi connectivity index (χ0n) is 24.8. The third-order valence-electron chi connectivity index (χ3n) is 11.7. The molecule has 1 saturated heterocycles. The molecule has 1 spiro atoms. The number of carbonyl (C=O) groups is 3. The Morgan fingerprint density at radius 3 is 2.56 bits per heavy atom. The monoisotopic (exact) mass is 570 g/mol. The Labute approximate surface area is 240 Å². The lowest BCUT2D eigenvalue weighted by molar-refractivity contribution is -0.174. The Morgan fingerprint density at radius 2 is 1.90 bits per heavy atom. The molecule has 2 N–H and O–H groups in total. The molecule has 9 heteroatoms. The van der Waals surface area contributed by atoms with E-state index in [4.69, 9.17) is 18.9 Å². The fourth-order valence-electron chi connectivity index (χ4n) is 9.52. The molecule has 6 aliphatic rings. The fraction of sp³-hybridized carbons (Fsp3) is 0.719. The first-order valence-electron chi connectivity index (χ1n) is 14.8. The van der Waals surface area contributed by atoms with Crippen LogP contribution in [0.3, 0.4) is 0 Å². The highest BCUT2D eigenvalue weighted by Crippen LogP contribution is 2.72. The number of hydrogen-bond acceptors (Lipinski definition) is 9. The Kier molecular flexibility index (Phi) is 6.12. The minimum Gasteiger partial charge on any atom is -0.462 e. The lowest BCUT2D eigenvalue weighted by Crippen LogP contribution is -2.54. The molecule has 3 heterocycles. The summed E-state index contributed by atoms with van der Waals surface area (Å²) in [6, 6.07) is 0. The third kappa shape index (κ3) is 3.87. The highest BCUT2D eigenvalue weighted by Gasteiger charge is 2.81. The van der Waals surface area contributed by atoms with E-state index >= 15 is 0 Å². The van der Waals surface area contributed by atoms with Crippen molar-refractivity contribution in [1.82, 2.24) is 0 Å². The summed E-state index contributed by atoms with van der Waals surface area (Å²) in [6.45, 7) is 15.1. The van der Waals surface area contributed by atoms with Gasteiger partial charge in [0, 0.05) is 30.9 Å². The van der Waals surface area contributed by atoms with Gasteiger partial charge in [-0.1, -0.05) is 26.5 Å². The average molecular weight is 571 g/mol. The number of hydrogen-bond donors (Lipinski definition) is 2. The molecular weight excluding hydrogens is 528 g/mol. The largest absolute Gasteiger partial charge is 0.462 e. The van der Waals surface area contributed by atoms with Gasteiger partial charge in [-0.15, -0.1) is 0 Å². The lowest BCUT2D eigenvalue weighted by atomic mass is 9.55. The predicted octanol–water partition coefficient (Wildman–Crippen LogP) is 3.32. The maximum atomic E-state index is 12.6. The van der Waals surface area contributed by atoms with Crippen LogP contribution in [-0.4, -0.2) is 68.8 Å². The van der Waals surface area contributed by atoms with E-state index in [1.54, 1.807) is 26.8 Å². The van der Waals surface area contributed by atoms with Crippen LogP contribution >= 0.6 is 0 Å². The predicted molar refractivity (Wildman–Crippen MR) is 146 cm³/mol. The third-order valence-corrected chi connectivity index (χ3v) is 11.7. The van der Waals surface area contributed by atoms with E-state index in [2.05, 4.69) is 13.5 Å². The van der Waals surface area contributed by atoms with Crippen molar-refractivity contribution in [1.29, 1.82) is 0 Å². The molecule has 0 aromatic rings. The Hall–Kier alpha value is -2.49. The summed E-state index contributed by atoms with van der Waals surface area (Å²) < 4.78 is 23.9. The summed E-state index contributed by atoms with van der Waals surface area (Å²) in [5.41, 5.74) is -3.97. The maximum absolute atomic E-state index is 12.6. The van der Waals surface area contributed by atoms with E-state index in [0.717, 1.165) is 0 Å². The zero-order valence-corrected chi connectivity index (χ0v) is 24.8. The summed E-state index contributed by atoms with van der Waals surface area (Å²) in [5, 5.41) is 24.8. The molecule has 4 fully saturated rings.